The van der Waals surface area contributed by atoms with Gasteiger partial charge in [-0.25, -0.2) is 0 Å². The van der Waals surface area contributed by atoms with Gasteiger partial charge in [0.2, 0.25) is 0 Å². The molecule has 0 unspecified atom stereocenters. The summed E-state index contributed by atoms with van der Waals surface area (Å²) in [6, 6.07) is 106. The molecule has 0 saturated heterocycles. The van der Waals surface area contributed by atoms with Gasteiger partial charge in [0, 0.05) is 76.0 Å². The summed E-state index contributed by atoms with van der Waals surface area (Å²) in [5.74, 6) is 0. The van der Waals surface area contributed by atoms with Crippen LogP contribution in [0.5, 0.6) is 0 Å². The highest BCUT2D eigenvalue weighted by Gasteiger charge is 2.46. The molecule has 18 rings (SSSR count). The molecule has 4 aliphatic rings. The topological polar surface area (TPSA) is 13.0 Å². The second-order valence-electron chi connectivity index (χ2n) is 23.1. The smallest absolute Gasteiger partial charge is 0.252 e. The molecule has 0 aromatic heterocycles. The van der Waals surface area contributed by atoms with Crippen molar-refractivity contribution in [3.05, 3.63) is 334 Å². The van der Waals surface area contributed by atoms with Crippen molar-refractivity contribution in [2.75, 3.05) is 19.6 Å². The zero-order chi connectivity index (χ0) is 64.3. The van der Waals surface area contributed by atoms with Gasteiger partial charge in [-0.3, -0.25) is 0 Å². The minimum atomic E-state index is -0.452. The molecule has 0 fully saturated rings. The molecule has 91 heavy (non-hydrogen) atoms. The number of hydrogen-bond donors (Lipinski definition) is 0. The standard InChI is InChI=1S/C84H55BN4S2/c1-6-26-56(27-7-1)61-52-76-82-77(53-61)89(84-66(59-32-12-4-13-33-59)38-25-39-67(84)60-34-14-5-15-35-60)75-55-63(87-72-42-18-22-46-80(72)91-81-47-23-19-43-73(81)87)49-51-69(75)85(82)68-50-48-62(86-70-40-16-20-44-78(70)90-79-45-21-17-41-71(79)86)54-74(68)88(76)83-64(57-28-8-2-9-29-57)36-24-37-65(83)58-30-10-3-11-31-58/h1-55H/i1D,6D,7D,26D,27D. The fourth-order valence-electron chi connectivity index (χ4n) is 14.2. The van der Waals surface area contributed by atoms with E-state index in [2.05, 4.69) is 323 Å². The summed E-state index contributed by atoms with van der Waals surface area (Å²) in [6.45, 7) is -0.439. The number of hydrogen-bond acceptors (Lipinski definition) is 6. The fraction of sp³-hybridized carbons (Fsp3) is 0. The van der Waals surface area contributed by atoms with Crippen molar-refractivity contribution in [3.8, 4) is 55.6 Å². The first-order chi connectivity index (χ1) is 47.3. The van der Waals surface area contributed by atoms with Crippen LogP contribution in [-0.4, -0.2) is 6.71 Å². The molecule has 7 heteroatoms. The summed E-state index contributed by atoms with van der Waals surface area (Å²) in [4.78, 5) is 14.3. The molecule has 0 atom stereocenters. The van der Waals surface area contributed by atoms with Gasteiger partial charge >= 0.3 is 0 Å². The SMILES string of the molecule is [2H]c1c([2H])c([2H])c(-c2cc3c4c(c2)N(c2c(-c5ccccc5)cccc2-c2ccccc2)c2cc(N5c6ccccc6Sc6ccccc65)ccc2B4c2ccc(N4c5ccccc5Sc5ccccc54)cc2N3c2c(-c3ccccc3)cccc2-c2ccccc2)c([2H])c1[2H]. The van der Waals surface area contributed by atoms with Crippen LogP contribution >= 0.6 is 23.5 Å². The molecule has 4 nitrogen and oxygen atoms in total. The maximum Gasteiger partial charge on any atom is 0.252 e. The average Bonchev–Trinajstić information content (AvgIpc) is 0.691. The normalized spacial score (nSPS) is 13.8. The van der Waals surface area contributed by atoms with E-state index in [0.29, 0.717) is 5.56 Å². The summed E-state index contributed by atoms with van der Waals surface area (Å²) < 4.78 is 47.6. The molecule has 0 bridgehead atoms. The average molecular weight is 1200 g/mol. The third kappa shape index (κ3) is 8.79. The molecule has 0 N–H and O–H groups in total. The van der Waals surface area contributed by atoms with E-state index in [1.54, 1.807) is 23.5 Å². The van der Waals surface area contributed by atoms with E-state index in [1.807, 2.05) is 0 Å². The van der Waals surface area contributed by atoms with Crippen molar-refractivity contribution in [3.63, 3.8) is 0 Å². The molecule has 0 saturated carbocycles. The lowest BCUT2D eigenvalue weighted by molar-refractivity contribution is 1.16. The molecule has 14 aromatic carbocycles. The van der Waals surface area contributed by atoms with Gasteiger partial charge in [0.15, 0.2) is 0 Å². The van der Waals surface area contributed by atoms with E-state index in [-0.39, 0.29) is 17.6 Å². The molecule has 0 radical (unpaired) electrons. The summed E-state index contributed by atoms with van der Waals surface area (Å²) in [6.07, 6.45) is 0. The highest BCUT2D eigenvalue weighted by atomic mass is 32.2. The third-order valence-electron chi connectivity index (χ3n) is 18.1. The van der Waals surface area contributed by atoms with E-state index in [0.717, 1.165) is 149 Å². The third-order valence-corrected chi connectivity index (χ3v) is 20.3. The molecule has 0 aliphatic carbocycles. The molecular formula is C84H55BN4S2. The van der Waals surface area contributed by atoms with Crippen molar-refractivity contribution in [2.24, 2.45) is 0 Å². The first-order valence-corrected chi connectivity index (χ1v) is 32.3. The Hall–Kier alpha value is -11.0. The molecule has 426 valence electrons. The van der Waals surface area contributed by atoms with E-state index in [4.69, 9.17) is 1.37 Å². The second kappa shape index (κ2) is 22.0. The highest BCUT2D eigenvalue weighted by molar-refractivity contribution is 8.00. The summed E-state index contributed by atoms with van der Waals surface area (Å²) in [7, 11) is 0. The summed E-state index contributed by atoms with van der Waals surface area (Å²) in [5.41, 5.74) is 23.2. The number of fused-ring (bicyclic) bond motifs is 8. The van der Waals surface area contributed by atoms with E-state index in [9.17, 15) is 5.48 Å². The van der Waals surface area contributed by atoms with Crippen LogP contribution in [0.25, 0.3) is 55.6 Å². The minimum Gasteiger partial charge on any atom is -0.310 e. The summed E-state index contributed by atoms with van der Waals surface area (Å²) in [5, 5.41) is 0. The van der Waals surface area contributed by atoms with Crippen molar-refractivity contribution >= 4 is 115 Å². The number of para-hydroxylation sites is 6. The largest absolute Gasteiger partial charge is 0.310 e. The maximum absolute atomic E-state index is 9.95. The molecule has 0 spiro atoms. The minimum absolute atomic E-state index is 0.105. The van der Waals surface area contributed by atoms with Gasteiger partial charge < -0.3 is 19.6 Å². The van der Waals surface area contributed by atoms with Gasteiger partial charge in [-0.2, -0.15) is 0 Å². The van der Waals surface area contributed by atoms with Crippen LogP contribution in [0, 0.1) is 0 Å². The number of anilines is 12. The molecular weight excluding hydrogens is 1140 g/mol. The van der Waals surface area contributed by atoms with E-state index < -0.39 is 24.8 Å². The fourth-order valence-corrected chi connectivity index (χ4v) is 16.3. The van der Waals surface area contributed by atoms with Gasteiger partial charge in [0.1, 0.15) is 0 Å². The van der Waals surface area contributed by atoms with Gasteiger partial charge in [-0.05, 0) is 135 Å². The lowest BCUT2D eigenvalue weighted by Crippen LogP contribution is -2.61. The van der Waals surface area contributed by atoms with E-state index >= 15 is 0 Å². The second-order valence-corrected chi connectivity index (χ2v) is 25.3. The van der Waals surface area contributed by atoms with Gasteiger partial charge in [0.25, 0.3) is 6.71 Å². The van der Waals surface area contributed by atoms with Crippen molar-refractivity contribution in [1.29, 1.82) is 0 Å². The Balaban J connectivity index is 1.03. The highest BCUT2D eigenvalue weighted by Crippen LogP contribution is 2.58. The first-order valence-electron chi connectivity index (χ1n) is 33.2. The Morgan fingerprint density at radius 3 is 0.934 bits per heavy atom. The quantitative estimate of drug-likeness (QED) is 0.133. The first kappa shape index (κ1) is 48.0. The monoisotopic (exact) mass is 1200 g/mol. The van der Waals surface area contributed by atoms with Crippen LogP contribution in [0.3, 0.4) is 0 Å². The molecule has 4 aliphatic heterocycles. The number of nitrogens with zero attached hydrogens (tertiary/aromatic N) is 4. The van der Waals surface area contributed by atoms with Crippen LogP contribution < -0.4 is 36.0 Å². The number of benzene rings is 14. The van der Waals surface area contributed by atoms with Crippen LogP contribution in [0.1, 0.15) is 6.85 Å². The number of rotatable bonds is 9. The Bertz CT molecular complexity index is 4950. The van der Waals surface area contributed by atoms with Gasteiger partial charge in [-0.15, -0.1) is 0 Å². The Morgan fingerprint density at radius 2 is 0.582 bits per heavy atom. The van der Waals surface area contributed by atoms with Crippen molar-refractivity contribution in [2.45, 2.75) is 19.6 Å². The van der Waals surface area contributed by atoms with Crippen LogP contribution in [0.2, 0.25) is 0 Å². The van der Waals surface area contributed by atoms with Crippen molar-refractivity contribution in [1.82, 2.24) is 0 Å². The van der Waals surface area contributed by atoms with Crippen LogP contribution in [0.15, 0.2) is 353 Å². The van der Waals surface area contributed by atoms with Crippen LogP contribution in [-0.2, 0) is 0 Å². The summed E-state index contributed by atoms with van der Waals surface area (Å²) >= 11 is 3.56. The van der Waals surface area contributed by atoms with Gasteiger partial charge in [-0.1, -0.05) is 272 Å². The van der Waals surface area contributed by atoms with E-state index in [1.165, 1.54) is 0 Å². The van der Waals surface area contributed by atoms with Gasteiger partial charge in [0.05, 0.1) is 41.0 Å². The molecule has 14 aromatic rings. The Kier molecular flexibility index (Phi) is 11.6. The maximum atomic E-state index is 9.95. The Labute approximate surface area is 546 Å². The zero-order valence-electron chi connectivity index (χ0n) is 54.1. The zero-order valence-corrected chi connectivity index (χ0v) is 50.7. The lowest BCUT2D eigenvalue weighted by atomic mass is 9.33. The molecule has 4 heterocycles. The molecule has 0 amide bonds. The predicted octanol–water partition coefficient (Wildman–Crippen LogP) is 22.0. The Morgan fingerprint density at radius 1 is 0.253 bits per heavy atom. The lowest BCUT2D eigenvalue weighted by Gasteiger charge is -2.46. The van der Waals surface area contributed by atoms with Crippen LogP contribution in [0.4, 0.5) is 68.2 Å². The predicted molar refractivity (Wildman–Crippen MR) is 385 cm³/mol. The van der Waals surface area contributed by atoms with Crippen molar-refractivity contribution < 1.29 is 6.85 Å².